The van der Waals surface area contributed by atoms with Gasteiger partial charge in [-0.05, 0) is 42.0 Å². The van der Waals surface area contributed by atoms with Crippen molar-refractivity contribution in [3.05, 3.63) is 52.5 Å². The molecular formula is C18H19N3O2S. The molecule has 6 heteroatoms. The summed E-state index contributed by atoms with van der Waals surface area (Å²) in [5.41, 5.74) is 1.68. The lowest BCUT2D eigenvalue weighted by Gasteiger charge is -2.43. The van der Waals surface area contributed by atoms with Crippen molar-refractivity contribution in [1.29, 1.82) is 0 Å². The molecule has 5 nitrogen and oxygen atoms in total. The van der Waals surface area contributed by atoms with Gasteiger partial charge in [-0.3, -0.25) is 14.6 Å². The van der Waals surface area contributed by atoms with E-state index in [0.29, 0.717) is 19.5 Å². The van der Waals surface area contributed by atoms with Crippen molar-refractivity contribution >= 4 is 23.2 Å². The van der Waals surface area contributed by atoms with Crippen LogP contribution in [0.3, 0.4) is 0 Å². The fourth-order valence-electron chi connectivity index (χ4n) is 3.98. The first kappa shape index (κ1) is 15.3. The summed E-state index contributed by atoms with van der Waals surface area (Å²) < 4.78 is 0. The molecule has 24 heavy (non-hydrogen) atoms. The van der Waals surface area contributed by atoms with Crippen LogP contribution in [0, 0.1) is 0 Å². The van der Waals surface area contributed by atoms with Gasteiger partial charge in [-0.2, -0.15) is 11.3 Å². The van der Waals surface area contributed by atoms with Crippen LogP contribution >= 0.6 is 11.3 Å². The predicted molar refractivity (Wildman–Crippen MR) is 91.9 cm³/mol. The van der Waals surface area contributed by atoms with Gasteiger partial charge in [0.1, 0.15) is 0 Å². The van der Waals surface area contributed by atoms with Gasteiger partial charge in [0.25, 0.3) is 5.91 Å². The van der Waals surface area contributed by atoms with Crippen LogP contribution in [0.2, 0.25) is 0 Å². The molecule has 2 aliphatic heterocycles. The molecule has 1 spiro atoms. The third-order valence-electron chi connectivity index (χ3n) is 5.26. The number of carbonyl (C=O) groups excluding carboxylic acids is 2. The molecule has 2 fully saturated rings. The number of piperidine rings is 1. The summed E-state index contributed by atoms with van der Waals surface area (Å²) in [5, 5.41) is 7.04. The number of amides is 2. The van der Waals surface area contributed by atoms with E-state index in [9.17, 15) is 9.59 Å². The highest BCUT2D eigenvalue weighted by molar-refractivity contribution is 7.08. The Morgan fingerprint density at radius 1 is 1.25 bits per heavy atom. The third-order valence-corrected chi connectivity index (χ3v) is 5.95. The van der Waals surface area contributed by atoms with Gasteiger partial charge >= 0.3 is 0 Å². The number of hydrogen-bond donors (Lipinski definition) is 1. The molecule has 2 aromatic rings. The first-order chi connectivity index (χ1) is 11.7. The van der Waals surface area contributed by atoms with Crippen molar-refractivity contribution in [2.45, 2.75) is 30.7 Å². The summed E-state index contributed by atoms with van der Waals surface area (Å²) in [4.78, 5) is 30.6. The van der Waals surface area contributed by atoms with Crippen LogP contribution in [0.25, 0.3) is 0 Å². The minimum atomic E-state index is -0.232. The Bertz CT molecular complexity index is 737. The molecule has 0 radical (unpaired) electrons. The van der Waals surface area contributed by atoms with E-state index in [1.807, 2.05) is 33.9 Å². The third kappa shape index (κ3) is 2.60. The van der Waals surface area contributed by atoms with Gasteiger partial charge in [-0.25, -0.2) is 0 Å². The molecule has 0 saturated carbocycles. The summed E-state index contributed by atoms with van der Waals surface area (Å²) in [7, 11) is 0. The molecule has 2 aromatic heterocycles. The molecule has 2 saturated heterocycles. The van der Waals surface area contributed by atoms with Gasteiger partial charge < -0.3 is 10.2 Å². The molecule has 0 bridgehead atoms. The van der Waals surface area contributed by atoms with Crippen molar-refractivity contribution < 1.29 is 9.59 Å². The van der Waals surface area contributed by atoms with Gasteiger partial charge in [0.15, 0.2) is 0 Å². The predicted octanol–water partition coefficient (Wildman–Crippen LogP) is 2.42. The second kappa shape index (κ2) is 6.02. The lowest BCUT2D eigenvalue weighted by Crippen LogP contribution is -2.54. The van der Waals surface area contributed by atoms with Gasteiger partial charge in [0.05, 0.1) is 11.1 Å². The van der Waals surface area contributed by atoms with Gasteiger partial charge in [0.2, 0.25) is 5.91 Å². The highest BCUT2D eigenvalue weighted by Gasteiger charge is 2.49. The zero-order valence-electron chi connectivity index (χ0n) is 13.3. The molecule has 2 amide bonds. The molecule has 1 atom stereocenters. The summed E-state index contributed by atoms with van der Waals surface area (Å²) in [6.45, 7) is 1.35. The van der Waals surface area contributed by atoms with Gasteiger partial charge in [-0.1, -0.05) is 0 Å². The van der Waals surface area contributed by atoms with E-state index >= 15 is 0 Å². The Hall–Kier alpha value is -2.21. The number of carbonyl (C=O) groups is 2. The Morgan fingerprint density at radius 2 is 2.00 bits per heavy atom. The normalized spacial score (nSPS) is 22.6. The van der Waals surface area contributed by atoms with Crippen LogP contribution in [-0.2, 0) is 4.79 Å². The average Bonchev–Trinajstić information content (AvgIpc) is 3.24. The van der Waals surface area contributed by atoms with Crippen LogP contribution in [0.5, 0.6) is 0 Å². The Kier molecular flexibility index (Phi) is 3.84. The largest absolute Gasteiger partial charge is 0.350 e. The summed E-state index contributed by atoms with van der Waals surface area (Å²) in [5.74, 6) is 0.358. The Morgan fingerprint density at radius 3 is 2.67 bits per heavy atom. The van der Waals surface area contributed by atoms with Crippen molar-refractivity contribution in [2.24, 2.45) is 0 Å². The van der Waals surface area contributed by atoms with Crippen LogP contribution in [-0.4, -0.2) is 40.3 Å². The average molecular weight is 341 g/mol. The van der Waals surface area contributed by atoms with Crippen molar-refractivity contribution in [2.75, 3.05) is 13.1 Å². The zero-order chi connectivity index (χ0) is 16.6. The number of hydrogen-bond acceptors (Lipinski definition) is 4. The molecule has 0 unspecified atom stereocenters. The second-order valence-electron chi connectivity index (χ2n) is 6.55. The summed E-state index contributed by atoms with van der Waals surface area (Å²) >= 11 is 1.54. The number of aromatic nitrogens is 1. The van der Waals surface area contributed by atoms with Gasteiger partial charge in [-0.15, -0.1) is 0 Å². The van der Waals surface area contributed by atoms with Crippen LogP contribution in [0.1, 0.15) is 41.1 Å². The lowest BCUT2D eigenvalue weighted by molar-refractivity contribution is -0.120. The second-order valence-corrected chi connectivity index (χ2v) is 7.33. The molecule has 4 heterocycles. The summed E-state index contributed by atoms with van der Waals surface area (Å²) in [6.07, 6.45) is 5.66. The van der Waals surface area contributed by atoms with E-state index in [1.54, 1.807) is 12.4 Å². The number of thiophene rings is 1. The Labute approximate surface area is 144 Å². The standard InChI is InChI=1S/C18H19N3O2S/c22-16-11-15(13-1-6-19-7-2-13)18(20-16)4-8-21(9-5-18)17(23)14-3-10-24-12-14/h1-3,6-7,10,12,15H,4-5,8-9,11H2,(H,20,22)/t15-/m0/s1. The minimum Gasteiger partial charge on any atom is -0.350 e. The SMILES string of the molecule is O=C1C[C@@H](c2ccncc2)C2(CCN(C(=O)c3ccsc3)CC2)N1. The van der Waals surface area contributed by atoms with Gasteiger partial charge in [0, 0.05) is 43.2 Å². The quantitative estimate of drug-likeness (QED) is 0.912. The first-order valence-electron chi connectivity index (χ1n) is 8.20. The first-order valence-corrected chi connectivity index (χ1v) is 9.15. The highest BCUT2D eigenvalue weighted by Crippen LogP contribution is 2.43. The van der Waals surface area contributed by atoms with E-state index in [0.717, 1.165) is 24.0 Å². The Balaban J connectivity index is 1.52. The molecule has 2 aliphatic rings. The molecule has 124 valence electrons. The molecule has 0 aromatic carbocycles. The maximum absolute atomic E-state index is 12.5. The van der Waals surface area contributed by atoms with E-state index in [2.05, 4.69) is 10.3 Å². The van der Waals surface area contributed by atoms with E-state index in [-0.39, 0.29) is 23.3 Å². The maximum atomic E-state index is 12.5. The number of nitrogens with one attached hydrogen (secondary N) is 1. The van der Waals surface area contributed by atoms with Crippen molar-refractivity contribution in [1.82, 2.24) is 15.2 Å². The molecular weight excluding hydrogens is 322 g/mol. The molecule has 0 aliphatic carbocycles. The fourth-order valence-corrected chi connectivity index (χ4v) is 4.61. The van der Waals surface area contributed by atoms with Crippen LogP contribution < -0.4 is 5.32 Å². The van der Waals surface area contributed by atoms with Crippen molar-refractivity contribution in [3.8, 4) is 0 Å². The van der Waals surface area contributed by atoms with Crippen LogP contribution in [0.4, 0.5) is 0 Å². The number of nitrogens with zero attached hydrogens (tertiary/aromatic N) is 2. The molecule has 4 rings (SSSR count). The lowest BCUT2D eigenvalue weighted by atomic mass is 9.74. The van der Waals surface area contributed by atoms with E-state index in [1.165, 1.54) is 11.3 Å². The number of likely N-dealkylation sites (tertiary alicyclic amines) is 1. The maximum Gasteiger partial charge on any atom is 0.254 e. The van der Waals surface area contributed by atoms with Crippen LogP contribution in [0.15, 0.2) is 41.4 Å². The van der Waals surface area contributed by atoms with Crippen molar-refractivity contribution in [3.63, 3.8) is 0 Å². The molecule has 1 N–H and O–H groups in total. The zero-order valence-corrected chi connectivity index (χ0v) is 14.1. The topological polar surface area (TPSA) is 62.3 Å². The highest BCUT2D eigenvalue weighted by atomic mass is 32.1. The number of rotatable bonds is 2. The summed E-state index contributed by atoms with van der Waals surface area (Å²) in [6, 6.07) is 5.86. The minimum absolute atomic E-state index is 0.0934. The van der Waals surface area contributed by atoms with E-state index in [4.69, 9.17) is 0 Å². The van der Waals surface area contributed by atoms with E-state index < -0.39 is 0 Å². The smallest absolute Gasteiger partial charge is 0.254 e. The number of pyridine rings is 1. The monoisotopic (exact) mass is 341 g/mol. The fraction of sp³-hybridized carbons (Fsp3) is 0.389.